The molecule has 0 aliphatic carbocycles. The Morgan fingerprint density at radius 2 is 0.848 bits per heavy atom. The maximum atomic E-state index is 12.8. The molecule has 2 unspecified atom stereocenters. The Kier molecular flexibility index (Phi) is 46.3. The van der Waals surface area contributed by atoms with E-state index in [4.69, 9.17) is 14.2 Å². The molecule has 8 nitrogen and oxygen atoms in total. The largest absolute Gasteiger partial charge is 0.544 e. The fourth-order valence-corrected chi connectivity index (χ4v) is 7.98. The summed E-state index contributed by atoms with van der Waals surface area (Å²) in [6.45, 7) is 4.55. The number of carboxylic acid groups (broad SMARTS) is 1. The number of unbranched alkanes of at least 4 members (excludes halogenated alkanes) is 25. The van der Waals surface area contributed by atoms with Gasteiger partial charge in [-0.3, -0.25) is 9.59 Å². The molecule has 0 N–H and O–H groups in total. The smallest absolute Gasteiger partial charge is 0.306 e. The minimum Gasteiger partial charge on any atom is -0.544 e. The van der Waals surface area contributed by atoms with Gasteiger partial charge < -0.3 is 28.6 Å². The highest BCUT2D eigenvalue weighted by atomic mass is 16.6. The van der Waals surface area contributed by atoms with Gasteiger partial charge in [0.1, 0.15) is 12.6 Å². The number of carboxylic acids is 1. The minimum absolute atomic E-state index is 0.0303. The van der Waals surface area contributed by atoms with E-state index in [0.717, 1.165) is 83.5 Å². The minimum atomic E-state index is -1.13. The summed E-state index contributed by atoms with van der Waals surface area (Å²) in [5, 5.41) is 11.7. The van der Waals surface area contributed by atoms with E-state index in [2.05, 4.69) is 74.6 Å². The summed E-state index contributed by atoms with van der Waals surface area (Å²) in [6.07, 6.45) is 61.2. The van der Waals surface area contributed by atoms with Crippen molar-refractivity contribution in [3.63, 3.8) is 0 Å². The predicted molar refractivity (Wildman–Crippen MR) is 277 cm³/mol. The van der Waals surface area contributed by atoms with Crippen LogP contribution in [-0.4, -0.2) is 75.5 Å². The topological polar surface area (TPSA) is 102 Å². The summed E-state index contributed by atoms with van der Waals surface area (Å²) >= 11 is 0. The molecule has 382 valence electrons. The lowest BCUT2D eigenvalue weighted by molar-refractivity contribution is -0.889. The van der Waals surface area contributed by atoms with Crippen molar-refractivity contribution in [3.05, 3.63) is 60.8 Å². The number of ether oxygens (including phenoxy) is 3. The lowest BCUT2D eigenvalue weighted by Crippen LogP contribution is -2.55. The highest BCUT2D eigenvalue weighted by Gasteiger charge is 2.25. The van der Waals surface area contributed by atoms with Crippen molar-refractivity contribution >= 4 is 17.9 Å². The summed E-state index contributed by atoms with van der Waals surface area (Å²) in [5.74, 6) is -1.76. The van der Waals surface area contributed by atoms with Crippen molar-refractivity contribution < 1.29 is 38.2 Å². The van der Waals surface area contributed by atoms with Gasteiger partial charge in [0.15, 0.2) is 6.10 Å². The molecule has 2 atom stereocenters. The lowest BCUT2D eigenvalue weighted by Gasteiger charge is -2.34. The van der Waals surface area contributed by atoms with Crippen molar-refractivity contribution in [2.75, 3.05) is 41.0 Å². The van der Waals surface area contributed by atoms with E-state index < -0.39 is 18.1 Å². The number of rotatable bonds is 49. The molecule has 0 amide bonds. The maximum Gasteiger partial charge on any atom is 0.306 e. The SMILES string of the molecule is CC/C=C/C/C=C/C/C=C/C/C=C/C/C=C/CCCCCCC(=O)OC(COCCC(C(=O)[O-])[N+](C)(C)C)COC(=O)CCCCCCCCCCCCCCCCCCCCCCCC. The number of quaternary nitrogens is 1. The van der Waals surface area contributed by atoms with Crippen LogP contribution in [0.5, 0.6) is 0 Å². The van der Waals surface area contributed by atoms with Gasteiger partial charge in [0, 0.05) is 19.3 Å². The number of esters is 2. The zero-order chi connectivity index (χ0) is 48.4. The van der Waals surface area contributed by atoms with Gasteiger partial charge in [-0.05, 0) is 57.8 Å². The highest BCUT2D eigenvalue weighted by molar-refractivity contribution is 5.70. The van der Waals surface area contributed by atoms with Crippen LogP contribution in [0.4, 0.5) is 0 Å². The van der Waals surface area contributed by atoms with Gasteiger partial charge in [0.2, 0.25) is 0 Å². The van der Waals surface area contributed by atoms with Crippen LogP contribution in [0, 0.1) is 0 Å². The van der Waals surface area contributed by atoms with Crippen LogP contribution in [0.25, 0.3) is 0 Å². The molecule has 0 aromatic carbocycles. The number of hydrogen-bond donors (Lipinski definition) is 0. The van der Waals surface area contributed by atoms with E-state index >= 15 is 0 Å². The van der Waals surface area contributed by atoms with Gasteiger partial charge in [-0.15, -0.1) is 0 Å². The quantitative estimate of drug-likeness (QED) is 0.0259. The van der Waals surface area contributed by atoms with E-state index in [9.17, 15) is 19.5 Å². The summed E-state index contributed by atoms with van der Waals surface area (Å²) in [6, 6.07) is -0.733. The fourth-order valence-electron chi connectivity index (χ4n) is 7.98. The van der Waals surface area contributed by atoms with Crippen LogP contribution < -0.4 is 5.11 Å². The molecule has 0 saturated carbocycles. The zero-order valence-electron chi connectivity index (χ0n) is 43.6. The normalized spacial score (nSPS) is 13.3. The lowest BCUT2D eigenvalue weighted by atomic mass is 10.0. The van der Waals surface area contributed by atoms with Gasteiger partial charge >= 0.3 is 11.9 Å². The Balaban J connectivity index is 4.23. The van der Waals surface area contributed by atoms with Crippen molar-refractivity contribution in [3.8, 4) is 0 Å². The van der Waals surface area contributed by atoms with E-state index in [1.54, 1.807) is 21.1 Å². The summed E-state index contributed by atoms with van der Waals surface area (Å²) in [7, 11) is 5.41. The Morgan fingerprint density at radius 1 is 0.470 bits per heavy atom. The number of hydrogen-bond acceptors (Lipinski definition) is 7. The number of aliphatic carboxylic acids is 1. The standard InChI is InChI=1S/C58H103NO7/c1-6-8-10-12-14-16-18-20-22-24-26-28-29-31-32-34-36-38-40-42-44-46-48-56(60)65-53-54(52-64-51-50-55(58(62)63)59(3,4)5)66-57(61)49-47-45-43-41-39-37-35-33-30-27-25-23-21-19-17-15-13-11-9-7-2/h9,11,15,17,21,23,27,30,35,37,54-55H,6-8,10,12-14,16,18-20,22,24-26,28-29,31-34,36,38-53H2,1-5H3/b11-9+,17-15+,23-21+,30-27+,37-35+. The second-order valence-corrected chi connectivity index (χ2v) is 19.4. The van der Waals surface area contributed by atoms with Crippen molar-refractivity contribution in [2.45, 2.75) is 251 Å². The molecule has 66 heavy (non-hydrogen) atoms. The van der Waals surface area contributed by atoms with Gasteiger partial charge in [-0.1, -0.05) is 222 Å². The monoisotopic (exact) mass is 926 g/mol. The van der Waals surface area contributed by atoms with Crippen LogP contribution in [0.15, 0.2) is 60.8 Å². The molecular formula is C58H103NO7. The number of carbonyl (C=O) groups excluding carboxylic acids is 3. The molecule has 0 heterocycles. The first-order chi connectivity index (χ1) is 32.1. The maximum absolute atomic E-state index is 12.8. The summed E-state index contributed by atoms with van der Waals surface area (Å²) in [5.41, 5.74) is 0. The molecule has 0 aliphatic heterocycles. The van der Waals surface area contributed by atoms with Crippen LogP contribution in [0.1, 0.15) is 239 Å². The average Bonchev–Trinajstić information content (AvgIpc) is 3.28. The first-order valence-electron chi connectivity index (χ1n) is 27.3. The molecule has 0 rings (SSSR count). The molecule has 0 bridgehead atoms. The first kappa shape index (κ1) is 63.0. The highest BCUT2D eigenvalue weighted by Crippen LogP contribution is 2.16. The summed E-state index contributed by atoms with van der Waals surface area (Å²) < 4.78 is 17.3. The molecule has 0 aromatic rings. The molecule has 0 aromatic heterocycles. The van der Waals surface area contributed by atoms with E-state index in [1.807, 2.05) is 0 Å². The molecule has 0 radical (unpaired) electrons. The zero-order valence-corrected chi connectivity index (χ0v) is 43.6. The second-order valence-electron chi connectivity index (χ2n) is 19.4. The molecule has 0 saturated heterocycles. The van der Waals surface area contributed by atoms with Gasteiger partial charge in [0.25, 0.3) is 0 Å². The molecule has 8 heteroatoms. The third-order valence-corrected chi connectivity index (χ3v) is 12.2. The van der Waals surface area contributed by atoms with Gasteiger partial charge in [-0.2, -0.15) is 0 Å². The van der Waals surface area contributed by atoms with Crippen molar-refractivity contribution in [1.29, 1.82) is 0 Å². The van der Waals surface area contributed by atoms with Crippen LogP contribution in [-0.2, 0) is 28.6 Å². The van der Waals surface area contributed by atoms with E-state index in [1.165, 1.54) is 122 Å². The Bertz CT molecular complexity index is 1260. The third-order valence-electron chi connectivity index (χ3n) is 12.2. The molecule has 0 aliphatic rings. The average molecular weight is 926 g/mol. The van der Waals surface area contributed by atoms with Gasteiger partial charge in [0.05, 0.1) is 40.3 Å². The fraction of sp³-hybridized carbons (Fsp3) is 0.776. The Labute approximate surface area is 407 Å². The third kappa shape index (κ3) is 46.2. The van der Waals surface area contributed by atoms with Crippen LogP contribution in [0.2, 0.25) is 0 Å². The second kappa shape index (κ2) is 48.5. The Morgan fingerprint density at radius 3 is 1.26 bits per heavy atom. The Hall–Kier alpha value is -2.97. The number of nitrogens with zero attached hydrogens (tertiary/aromatic N) is 1. The number of carbonyl (C=O) groups is 3. The molecular weight excluding hydrogens is 823 g/mol. The predicted octanol–water partition coefficient (Wildman–Crippen LogP) is 14.8. The van der Waals surface area contributed by atoms with Crippen molar-refractivity contribution in [1.82, 2.24) is 0 Å². The van der Waals surface area contributed by atoms with E-state index in [-0.39, 0.29) is 42.7 Å². The number of likely N-dealkylation sites (N-methyl/N-ethyl adjacent to an activating group) is 1. The molecule has 0 fully saturated rings. The van der Waals surface area contributed by atoms with Crippen molar-refractivity contribution in [2.24, 2.45) is 0 Å². The first-order valence-corrected chi connectivity index (χ1v) is 27.3. The van der Waals surface area contributed by atoms with E-state index in [0.29, 0.717) is 12.8 Å². The van der Waals surface area contributed by atoms with Crippen LogP contribution in [0.3, 0.4) is 0 Å². The summed E-state index contributed by atoms with van der Waals surface area (Å²) in [4.78, 5) is 37.1. The van der Waals surface area contributed by atoms with Crippen LogP contribution >= 0.6 is 0 Å². The number of allylic oxidation sites excluding steroid dienone is 10. The molecule has 0 spiro atoms. The van der Waals surface area contributed by atoms with Gasteiger partial charge in [-0.25, -0.2) is 0 Å².